The Bertz CT molecular complexity index is 910. The van der Waals surface area contributed by atoms with Crippen molar-refractivity contribution in [2.45, 2.75) is 6.54 Å². The Labute approximate surface area is 156 Å². The molecule has 2 aromatic heterocycles. The lowest BCUT2D eigenvalue weighted by molar-refractivity contribution is 0.0600. The fourth-order valence-electron chi connectivity index (χ4n) is 2.34. The van der Waals surface area contributed by atoms with Crippen LogP contribution in [0.15, 0.2) is 67.1 Å². The van der Waals surface area contributed by atoms with Gasteiger partial charge >= 0.3 is 5.97 Å². The fraction of sp³-hybridized carbons (Fsp3) is 0.100. The minimum absolute atomic E-state index is 0.285. The van der Waals surface area contributed by atoms with E-state index in [0.29, 0.717) is 29.2 Å². The molecule has 0 bridgehead atoms. The standard InChI is InChI=1S/C20H18N4O3/c1-27-20(26)15-4-7-17(8-5-15)24-19(25)16-6-9-18(23-13-16)22-12-14-3-2-10-21-11-14/h2-11,13H,12H2,1H3,(H,22,23)(H,24,25). The number of aromatic nitrogens is 2. The maximum Gasteiger partial charge on any atom is 0.337 e. The number of nitrogens with zero attached hydrogens (tertiary/aromatic N) is 2. The summed E-state index contributed by atoms with van der Waals surface area (Å²) in [6.45, 7) is 0.596. The van der Waals surface area contributed by atoms with Gasteiger partial charge in [0.15, 0.2) is 0 Å². The molecule has 1 aromatic carbocycles. The molecule has 0 aliphatic carbocycles. The number of benzene rings is 1. The fourth-order valence-corrected chi connectivity index (χ4v) is 2.34. The average molecular weight is 362 g/mol. The molecule has 0 radical (unpaired) electrons. The summed E-state index contributed by atoms with van der Waals surface area (Å²) < 4.78 is 4.64. The van der Waals surface area contributed by atoms with Crippen molar-refractivity contribution in [1.82, 2.24) is 9.97 Å². The lowest BCUT2D eigenvalue weighted by Gasteiger charge is -2.08. The summed E-state index contributed by atoms with van der Waals surface area (Å²) in [6, 6.07) is 13.7. The Morgan fingerprint density at radius 1 is 1.00 bits per heavy atom. The van der Waals surface area contributed by atoms with E-state index in [9.17, 15) is 9.59 Å². The Hall–Kier alpha value is -3.74. The van der Waals surface area contributed by atoms with Gasteiger partial charge in [0.05, 0.1) is 18.2 Å². The van der Waals surface area contributed by atoms with Crippen molar-refractivity contribution >= 4 is 23.4 Å². The molecular formula is C20H18N4O3. The van der Waals surface area contributed by atoms with Crippen LogP contribution in [0.4, 0.5) is 11.5 Å². The summed E-state index contributed by atoms with van der Waals surface area (Å²) in [7, 11) is 1.32. The SMILES string of the molecule is COC(=O)c1ccc(NC(=O)c2ccc(NCc3cccnc3)nc2)cc1. The molecule has 0 atom stereocenters. The van der Waals surface area contributed by atoms with E-state index in [1.807, 2.05) is 12.1 Å². The second kappa shape index (κ2) is 8.57. The maximum atomic E-state index is 12.3. The van der Waals surface area contributed by atoms with Crippen molar-refractivity contribution in [2.24, 2.45) is 0 Å². The van der Waals surface area contributed by atoms with Gasteiger partial charge in [-0.15, -0.1) is 0 Å². The van der Waals surface area contributed by atoms with Gasteiger partial charge in [0, 0.05) is 30.8 Å². The highest BCUT2D eigenvalue weighted by Crippen LogP contribution is 2.13. The third-order valence-corrected chi connectivity index (χ3v) is 3.79. The highest BCUT2D eigenvalue weighted by molar-refractivity contribution is 6.04. The Kier molecular flexibility index (Phi) is 5.73. The predicted octanol–water partition coefficient (Wildman–Crippen LogP) is 3.13. The van der Waals surface area contributed by atoms with E-state index >= 15 is 0 Å². The van der Waals surface area contributed by atoms with Crippen LogP contribution in [-0.4, -0.2) is 29.0 Å². The van der Waals surface area contributed by atoms with Gasteiger partial charge in [-0.25, -0.2) is 9.78 Å². The smallest absolute Gasteiger partial charge is 0.337 e. The van der Waals surface area contributed by atoms with E-state index in [-0.39, 0.29) is 5.91 Å². The molecule has 1 amide bonds. The van der Waals surface area contributed by atoms with Crippen LogP contribution >= 0.6 is 0 Å². The van der Waals surface area contributed by atoms with Gasteiger partial charge in [-0.1, -0.05) is 6.07 Å². The van der Waals surface area contributed by atoms with Crippen LogP contribution in [0.2, 0.25) is 0 Å². The molecule has 0 saturated carbocycles. The van der Waals surface area contributed by atoms with Gasteiger partial charge in [0.2, 0.25) is 0 Å². The van der Waals surface area contributed by atoms with Crippen molar-refractivity contribution in [3.8, 4) is 0 Å². The van der Waals surface area contributed by atoms with E-state index in [1.54, 1.807) is 48.8 Å². The zero-order chi connectivity index (χ0) is 19.1. The van der Waals surface area contributed by atoms with E-state index in [0.717, 1.165) is 5.56 Å². The van der Waals surface area contributed by atoms with Crippen molar-refractivity contribution in [1.29, 1.82) is 0 Å². The van der Waals surface area contributed by atoms with E-state index in [4.69, 9.17) is 0 Å². The number of anilines is 2. The third-order valence-electron chi connectivity index (χ3n) is 3.79. The molecule has 27 heavy (non-hydrogen) atoms. The summed E-state index contributed by atoms with van der Waals surface area (Å²) in [6.07, 6.45) is 5.00. The molecule has 136 valence electrons. The Morgan fingerprint density at radius 3 is 2.41 bits per heavy atom. The van der Waals surface area contributed by atoms with Crippen LogP contribution in [0.3, 0.4) is 0 Å². The maximum absolute atomic E-state index is 12.3. The largest absolute Gasteiger partial charge is 0.465 e. The number of hydrogen-bond acceptors (Lipinski definition) is 6. The number of esters is 1. The normalized spacial score (nSPS) is 10.1. The number of pyridine rings is 2. The molecule has 0 fully saturated rings. The summed E-state index contributed by atoms with van der Waals surface area (Å²) in [4.78, 5) is 32.0. The Morgan fingerprint density at radius 2 is 1.78 bits per heavy atom. The summed E-state index contributed by atoms with van der Waals surface area (Å²) >= 11 is 0. The number of hydrogen-bond donors (Lipinski definition) is 2. The molecule has 3 aromatic rings. The molecule has 0 saturated heterocycles. The first kappa shape index (κ1) is 18.1. The van der Waals surface area contributed by atoms with Gasteiger partial charge in [-0.3, -0.25) is 9.78 Å². The monoisotopic (exact) mass is 362 g/mol. The van der Waals surface area contributed by atoms with Gasteiger partial charge in [0.1, 0.15) is 5.82 Å². The second-order valence-electron chi connectivity index (χ2n) is 5.67. The van der Waals surface area contributed by atoms with Gasteiger partial charge in [-0.2, -0.15) is 0 Å². The average Bonchev–Trinajstić information content (AvgIpc) is 2.73. The number of nitrogens with one attached hydrogen (secondary N) is 2. The van der Waals surface area contributed by atoms with Crippen LogP contribution in [0.25, 0.3) is 0 Å². The highest BCUT2D eigenvalue weighted by atomic mass is 16.5. The van der Waals surface area contributed by atoms with E-state index in [1.165, 1.54) is 13.3 Å². The van der Waals surface area contributed by atoms with E-state index in [2.05, 4.69) is 25.3 Å². The number of amides is 1. The van der Waals surface area contributed by atoms with E-state index < -0.39 is 5.97 Å². The Balaban J connectivity index is 1.58. The van der Waals surface area contributed by atoms with Crippen molar-refractivity contribution in [3.63, 3.8) is 0 Å². The molecule has 0 unspecified atom stereocenters. The highest BCUT2D eigenvalue weighted by Gasteiger charge is 2.09. The molecule has 7 nitrogen and oxygen atoms in total. The predicted molar refractivity (Wildman–Crippen MR) is 102 cm³/mol. The first-order chi connectivity index (χ1) is 13.2. The van der Waals surface area contributed by atoms with Crippen molar-refractivity contribution < 1.29 is 14.3 Å². The van der Waals surface area contributed by atoms with Gasteiger partial charge in [-0.05, 0) is 48.0 Å². The zero-order valence-corrected chi connectivity index (χ0v) is 14.7. The minimum Gasteiger partial charge on any atom is -0.465 e. The quantitative estimate of drug-likeness (QED) is 0.655. The van der Waals surface area contributed by atoms with Crippen molar-refractivity contribution in [3.05, 3.63) is 83.8 Å². The second-order valence-corrected chi connectivity index (χ2v) is 5.67. The summed E-state index contributed by atoms with van der Waals surface area (Å²) in [5.41, 5.74) is 2.46. The number of methoxy groups -OCH3 is 1. The minimum atomic E-state index is -0.425. The number of rotatable bonds is 6. The zero-order valence-electron chi connectivity index (χ0n) is 14.7. The van der Waals surface area contributed by atoms with Crippen LogP contribution in [-0.2, 0) is 11.3 Å². The molecule has 0 spiro atoms. The van der Waals surface area contributed by atoms with Crippen LogP contribution in [0.5, 0.6) is 0 Å². The van der Waals surface area contributed by atoms with Gasteiger partial charge in [0.25, 0.3) is 5.91 Å². The molecule has 0 aliphatic rings. The third kappa shape index (κ3) is 4.88. The van der Waals surface area contributed by atoms with Crippen LogP contribution in [0.1, 0.15) is 26.3 Å². The number of carbonyl (C=O) groups is 2. The topological polar surface area (TPSA) is 93.2 Å². The number of ether oxygens (including phenoxy) is 1. The van der Waals surface area contributed by atoms with Gasteiger partial charge < -0.3 is 15.4 Å². The molecule has 7 heteroatoms. The summed E-state index contributed by atoms with van der Waals surface area (Å²) in [5, 5.41) is 5.93. The summed E-state index contributed by atoms with van der Waals surface area (Å²) in [5.74, 6) is -0.0450. The lowest BCUT2D eigenvalue weighted by atomic mass is 10.2. The number of carbonyl (C=O) groups excluding carboxylic acids is 2. The first-order valence-corrected chi connectivity index (χ1v) is 8.24. The molecular weight excluding hydrogens is 344 g/mol. The molecule has 2 N–H and O–H groups in total. The van der Waals surface area contributed by atoms with Crippen LogP contribution < -0.4 is 10.6 Å². The molecule has 3 rings (SSSR count). The lowest BCUT2D eigenvalue weighted by Crippen LogP contribution is -2.13. The first-order valence-electron chi connectivity index (χ1n) is 8.24. The van der Waals surface area contributed by atoms with Crippen LogP contribution in [0, 0.1) is 0 Å². The molecule has 0 aliphatic heterocycles. The molecule has 2 heterocycles. The van der Waals surface area contributed by atoms with Crippen molar-refractivity contribution in [2.75, 3.05) is 17.7 Å².